The fourth-order valence-electron chi connectivity index (χ4n) is 2.99. The van der Waals surface area contributed by atoms with Crippen molar-refractivity contribution in [3.8, 4) is 22.8 Å². The van der Waals surface area contributed by atoms with E-state index in [9.17, 15) is 4.79 Å². The molecule has 142 valence electrons. The number of rotatable bonds is 4. The molecule has 0 saturated carbocycles. The number of nitrogens with zero attached hydrogens (tertiary/aromatic N) is 3. The number of nitrogens with one attached hydrogen (secondary N) is 2. The predicted octanol–water partition coefficient (Wildman–Crippen LogP) is 4.10. The molecule has 0 radical (unpaired) electrons. The van der Waals surface area contributed by atoms with Crippen molar-refractivity contribution < 1.29 is 9.21 Å². The minimum absolute atomic E-state index is 0.123. The number of hydrogen-bond donors (Lipinski definition) is 2. The van der Waals surface area contributed by atoms with Crippen molar-refractivity contribution in [3.63, 3.8) is 0 Å². The number of carbonyl (C=O) groups is 1. The van der Waals surface area contributed by atoms with Crippen molar-refractivity contribution >= 4 is 29.5 Å². The molecule has 0 saturated heterocycles. The van der Waals surface area contributed by atoms with Crippen LogP contribution in [0.5, 0.6) is 0 Å². The second-order valence-electron chi connectivity index (χ2n) is 6.36. The lowest BCUT2D eigenvalue weighted by Crippen LogP contribution is -2.29. The molecule has 1 amide bonds. The normalized spacial score (nSPS) is 16.2. The predicted molar refractivity (Wildman–Crippen MR) is 109 cm³/mol. The van der Waals surface area contributed by atoms with Crippen LogP contribution in [0.25, 0.3) is 22.8 Å². The lowest BCUT2D eigenvalue weighted by Gasteiger charge is -2.16. The summed E-state index contributed by atoms with van der Waals surface area (Å²) < 4.78 is 6.14. The van der Waals surface area contributed by atoms with E-state index in [0.29, 0.717) is 28.1 Å². The third kappa shape index (κ3) is 3.49. The zero-order valence-electron chi connectivity index (χ0n) is 15.3. The molecule has 1 unspecified atom stereocenters. The van der Waals surface area contributed by atoms with Crippen molar-refractivity contribution in [1.29, 1.82) is 0 Å². The van der Waals surface area contributed by atoms with Crippen molar-refractivity contribution in [3.05, 3.63) is 59.2 Å². The van der Waals surface area contributed by atoms with Crippen LogP contribution in [0.4, 0.5) is 5.69 Å². The molecule has 28 heavy (non-hydrogen) atoms. The Hall–Kier alpha value is -3.16. The second-order valence-corrected chi connectivity index (χ2v) is 6.77. The molecule has 1 aliphatic rings. The Bertz CT molecular complexity index is 1050. The second kappa shape index (κ2) is 7.46. The SMILES string of the molecule is CC(=O)Nc1ccc(-c2nc(C3N=CNN3C)c(-c3ccccc3Cl)o2)cc1. The molecule has 0 aliphatic carbocycles. The first kappa shape index (κ1) is 18.2. The number of carbonyl (C=O) groups excluding carboxylic acids is 1. The monoisotopic (exact) mass is 395 g/mol. The highest BCUT2D eigenvalue weighted by Crippen LogP contribution is 2.38. The van der Waals surface area contributed by atoms with Gasteiger partial charge in [0.2, 0.25) is 11.8 Å². The molecule has 1 aromatic heterocycles. The van der Waals surface area contributed by atoms with Crippen molar-refractivity contribution in [2.45, 2.75) is 13.1 Å². The summed E-state index contributed by atoms with van der Waals surface area (Å²) in [7, 11) is 1.88. The van der Waals surface area contributed by atoms with Crippen LogP contribution < -0.4 is 10.7 Å². The number of oxazole rings is 1. The average Bonchev–Trinajstić information content (AvgIpc) is 3.28. The molecule has 2 heterocycles. The lowest BCUT2D eigenvalue weighted by molar-refractivity contribution is -0.114. The molecule has 2 N–H and O–H groups in total. The van der Waals surface area contributed by atoms with Crippen LogP contribution in [0.15, 0.2) is 57.9 Å². The maximum Gasteiger partial charge on any atom is 0.227 e. The number of hydrazine groups is 1. The van der Waals surface area contributed by atoms with E-state index < -0.39 is 0 Å². The van der Waals surface area contributed by atoms with E-state index in [2.05, 4.69) is 15.7 Å². The summed E-state index contributed by atoms with van der Waals surface area (Å²) in [6, 6.07) is 14.8. The number of anilines is 1. The van der Waals surface area contributed by atoms with Gasteiger partial charge in [-0.3, -0.25) is 4.79 Å². The van der Waals surface area contributed by atoms with Crippen LogP contribution in [-0.2, 0) is 4.79 Å². The highest BCUT2D eigenvalue weighted by Gasteiger charge is 2.29. The molecular formula is C20H18ClN5O2. The van der Waals surface area contributed by atoms with Gasteiger partial charge in [0.15, 0.2) is 11.9 Å². The third-order valence-corrected chi connectivity index (χ3v) is 4.64. The van der Waals surface area contributed by atoms with E-state index in [0.717, 1.165) is 11.1 Å². The van der Waals surface area contributed by atoms with E-state index in [1.807, 2.05) is 48.5 Å². The minimum atomic E-state index is -0.331. The maximum atomic E-state index is 11.2. The average molecular weight is 396 g/mol. The maximum absolute atomic E-state index is 11.2. The van der Waals surface area contributed by atoms with Gasteiger partial charge in [-0.1, -0.05) is 23.7 Å². The number of hydrogen-bond acceptors (Lipinski definition) is 6. The number of benzene rings is 2. The summed E-state index contributed by atoms with van der Waals surface area (Å²) in [6.45, 7) is 1.47. The van der Waals surface area contributed by atoms with E-state index in [1.54, 1.807) is 18.5 Å². The van der Waals surface area contributed by atoms with Crippen molar-refractivity contribution in [2.75, 3.05) is 12.4 Å². The van der Waals surface area contributed by atoms with E-state index in [4.69, 9.17) is 21.0 Å². The van der Waals surface area contributed by atoms with E-state index >= 15 is 0 Å². The molecule has 0 fully saturated rings. The fraction of sp³-hybridized carbons (Fsp3) is 0.150. The van der Waals surface area contributed by atoms with E-state index in [1.165, 1.54) is 6.92 Å². The van der Waals surface area contributed by atoms with Crippen LogP contribution in [0.1, 0.15) is 18.8 Å². The van der Waals surface area contributed by atoms with Crippen molar-refractivity contribution in [2.24, 2.45) is 4.99 Å². The standard InChI is InChI=1S/C20H18ClN5O2/c1-12(27)24-14-9-7-13(8-10-14)20-25-17(19-22-11-23-26(19)2)18(28-20)15-5-3-4-6-16(15)21/h3-11,19H,1-2H3,(H,22,23)(H,24,27). The number of amides is 1. The fourth-order valence-corrected chi connectivity index (χ4v) is 3.21. The summed E-state index contributed by atoms with van der Waals surface area (Å²) >= 11 is 6.40. The van der Waals surface area contributed by atoms with Crippen molar-refractivity contribution in [1.82, 2.24) is 15.4 Å². The van der Waals surface area contributed by atoms with Gasteiger partial charge >= 0.3 is 0 Å². The molecule has 1 aliphatic heterocycles. The largest absolute Gasteiger partial charge is 0.436 e. The molecule has 3 aromatic rings. The highest BCUT2D eigenvalue weighted by molar-refractivity contribution is 6.33. The first-order chi connectivity index (χ1) is 13.5. The lowest BCUT2D eigenvalue weighted by atomic mass is 10.1. The topological polar surface area (TPSA) is 82.8 Å². The van der Waals surface area contributed by atoms with Gasteiger partial charge < -0.3 is 15.2 Å². The molecule has 7 nitrogen and oxygen atoms in total. The van der Waals surface area contributed by atoms with Crippen LogP contribution in [0, 0.1) is 0 Å². The molecule has 1 atom stereocenters. The van der Waals surface area contributed by atoms with E-state index in [-0.39, 0.29) is 12.1 Å². The van der Waals surface area contributed by atoms with Crippen LogP contribution >= 0.6 is 11.6 Å². The first-order valence-electron chi connectivity index (χ1n) is 8.67. The van der Waals surface area contributed by atoms with Gasteiger partial charge in [0, 0.05) is 30.8 Å². The molecule has 8 heteroatoms. The van der Waals surface area contributed by atoms with Gasteiger partial charge in [-0.05, 0) is 36.4 Å². The van der Waals surface area contributed by atoms with Gasteiger partial charge in [-0.15, -0.1) is 0 Å². The Morgan fingerprint density at radius 2 is 1.96 bits per heavy atom. The van der Waals surface area contributed by atoms with Gasteiger partial charge in [-0.25, -0.2) is 9.98 Å². The molecule has 4 rings (SSSR count). The van der Waals surface area contributed by atoms with Gasteiger partial charge in [0.05, 0.1) is 11.4 Å². The van der Waals surface area contributed by atoms with Crippen LogP contribution in [0.3, 0.4) is 0 Å². The Morgan fingerprint density at radius 3 is 2.61 bits per heavy atom. The molecule has 2 aromatic carbocycles. The van der Waals surface area contributed by atoms with Gasteiger partial charge in [0.1, 0.15) is 5.69 Å². The zero-order valence-corrected chi connectivity index (χ0v) is 16.1. The molecule has 0 spiro atoms. The quantitative estimate of drug-likeness (QED) is 0.695. The Morgan fingerprint density at radius 1 is 1.21 bits per heavy atom. The molecular weight excluding hydrogens is 378 g/mol. The Kier molecular flexibility index (Phi) is 4.85. The number of halogens is 1. The van der Waals surface area contributed by atoms with Gasteiger partial charge in [-0.2, -0.15) is 5.01 Å². The smallest absolute Gasteiger partial charge is 0.227 e. The summed E-state index contributed by atoms with van der Waals surface area (Å²) in [5.74, 6) is 0.904. The highest BCUT2D eigenvalue weighted by atomic mass is 35.5. The summed E-state index contributed by atoms with van der Waals surface area (Å²) in [4.78, 5) is 20.4. The molecule has 0 bridgehead atoms. The summed E-state index contributed by atoms with van der Waals surface area (Å²) in [6.07, 6.45) is 1.29. The third-order valence-electron chi connectivity index (χ3n) is 4.31. The van der Waals surface area contributed by atoms with Crippen LogP contribution in [-0.4, -0.2) is 29.3 Å². The zero-order chi connectivity index (χ0) is 19.7. The number of aromatic nitrogens is 1. The summed E-state index contributed by atoms with van der Waals surface area (Å²) in [5.41, 5.74) is 5.93. The van der Waals surface area contributed by atoms with Crippen LogP contribution in [0.2, 0.25) is 5.02 Å². The first-order valence-corrected chi connectivity index (χ1v) is 9.05. The Labute approximate surface area is 167 Å². The summed E-state index contributed by atoms with van der Waals surface area (Å²) in [5, 5.41) is 5.15. The van der Waals surface area contributed by atoms with Gasteiger partial charge in [0.25, 0.3) is 0 Å². The minimum Gasteiger partial charge on any atom is -0.436 e. The Balaban J connectivity index is 1.78. The number of aliphatic imine (C=N–C) groups is 1.